The summed E-state index contributed by atoms with van der Waals surface area (Å²) in [5, 5.41) is 11.7. The van der Waals surface area contributed by atoms with E-state index in [-0.39, 0.29) is 5.56 Å². The quantitative estimate of drug-likeness (QED) is 0.425. The highest BCUT2D eigenvalue weighted by molar-refractivity contribution is 7.98. The molecule has 29 heavy (non-hydrogen) atoms. The first-order valence-corrected chi connectivity index (χ1v) is 10.7. The highest BCUT2D eigenvalue weighted by atomic mass is 32.2. The van der Waals surface area contributed by atoms with Gasteiger partial charge in [0.2, 0.25) is 0 Å². The van der Waals surface area contributed by atoms with E-state index in [1.54, 1.807) is 6.26 Å². The highest BCUT2D eigenvalue weighted by Gasteiger charge is 2.16. The zero-order chi connectivity index (χ0) is 19.8. The number of fused-ring (bicyclic) bond motifs is 1. The van der Waals surface area contributed by atoms with E-state index in [2.05, 4.69) is 20.2 Å². The van der Waals surface area contributed by atoms with Gasteiger partial charge in [-0.2, -0.15) is 0 Å². The maximum Gasteiger partial charge on any atom is 0.260 e. The van der Waals surface area contributed by atoms with E-state index in [1.807, 2.05) is 59.5 Å². The lowest BCUT2D eigenvalue weighted by Gasteiger charge is -2.03. The van der Waals surface area contributed by atoms with Crippen LogP contribution in [0.3, 0.4) is 0 Å². The number of aromatic nitrogens is 5. The minimum absolute atomic E-state index is 0.125. The molecule has 9 heteroatoms. The second-order valence-electron chi connectivity index (χ2n) is 6.34. The summed E-state index contributed by atoms with van der Waals surface area (Å²) in [5.41, 5.74) is 1.80. The number of aromatic amines is 1. The summed E-state index contributed by atoms with van der Waals surface area (Å²) < 4.78 is 7.25. The molecule has 4 heterocycles. The molecule has 0 bridgehead atoms. The Morgan fingerprint density at radius 3 is 2.83 bits per heavy atom. The summed E-state index contributed by atoms with van der Waals surface area (Å²) in [4.78, 5) is 21.0. The number of benzene rings is 1. The number of hydrogen-bond donors (Lipinski definition) is 1. The summed E-state index contributed by atoms with van der Waals surface area (Å²) in [6.07, 6.45) is 1.60. The molecule has 1 N–H and O–H groups in total. The van der Waals surface area contributed by atoms with Crippen molar-refractivity contribution >= 4 is 33.3 Å². The van der Waals surface area contributed by atoms with Gasteiger partial charge in [0.25, 0.3) is 5.56 Å². The molecule has 1 aromatic carbocycles. The Balaban J connectivity index is 1.42. The average molecular weight is 422 g/mol. The second kappa shape index (κ2) is 7.34. The van der Waals surface area contributed by atoms with Crippen molar-refractivity contribution in [2.24, 2.45) is 7.05 Å². The van der Waals surface area contributed by atoms with Gasteiger partial charge in [-0.25, -0.2) is 4.98 Å². The van der Waals surface area contributed by atoms with Gasteiger partial charge in [0.05, 0.1) is 17.4 Å². The van der Waals surface area contributed by atoms with Gasteiger partial charge in [0.15, 0.2) is 16.7 Å². The third kappa shape index (κ3) is 3.28. The van der Waals surface area contributed by atoms with Crippen molar-refractivity contribution in [3.8, 4) is 22.7 Å². The minimum Gasteiger partial charge on any atom is -0.461 e. The van der Waals surface area contributed by atoms with E-state index < -0.39 is 0 Å². The first kappa shape index (κ1) is 17.9. The first-order valence-electron chi connectivity index (χ1n) is 8.82. The molecule has 0 fully saturated rings. The Bertz CT molecular complexity index is 1340. The fourth-order valence-electron chi connectivity index (χ4n) is 3.09. The normalized spacial score (nSPS) is 11.3. The average Bonchev–Trinajstić information content (AvgIpc) is 3.47. The molecule has 0 amide bonds. The zero-order valence-electron chi connectivity index (χ0n) is 15.3. The van der Waals surface area contributed by atoms with Crippen LogP contribution in [0.15, 0.2) is 68.5 Å². The maximum atomic E-state index is 12.7. The van der Waals surface area contributed by atoms with Crippen LogP contribution in [-0.4, -0.2) is 24.7 Å². The van der Waals surface area contributed by atoms with Gasteiger partial charge in [-0.05, 0) is 17.7 Å². The molecular weight excluding hydrogens is 406 g/mol. The molecule has 4 aromatic heterocycles. The monoisotopic (exact) mass is 421 g/mol. The van der Waals surface area contributed by atoms with Crippen LogP contribution in [0, 0.1) is 0 Å². The fraction of sp³-hybridized carbons (Fsp3) is 0.100. The summed E-state index contributed by atoms with van der Waals surface area (Å²) >= 11 is 2.94. The van der Waals surface area contributed by atoms with Crippen LogP contribution in [0.1, 0.15) is 5.82 Å². The molecule has 0 saturated heterocycles. The third-order valence-corrected chi connectivity index (χ3v) is 6.40. The molecule has 5 rings (SSSR count). The molecule has 0 radical (unpaired) electrons. The molecule has 0 saturated carbocycles. The van der Waals surface area contributed by atoms with Crippen molar-refractivity contribution < 1.29 is 4.42 Å². The van der Waals surface area contributed by atoms with Crippen molar-refractivity contribution in [1.82, 2.24) is 24.7 Å². The van der Waals surface area contributed by atoms with E-state index >= 15 is 0 Å². The third-order valence-electron chi connectivity index (χ3n) is 4.49. The van der Waals surface area contributed by atoms with E-state index in [4.69, 9.17) is 4.42 Å². The molecule has 0 spiro atoms. The summed E-state index contributed by atoms with van der Waals surface area (Å²) in [5.74, 6) is 2.40. The predicted molar refractivity (Wildman–Crippen MR) is 114 cm³/mol. The number of nitrogens with one attached hydrogen (secondary N) is 1. The molecule has 0 aliphatic carbocycles. The Kier molecular flexibility index (Phi) is 4.53. The highest BCUT2D eigenvalue weighted by Crippen LogP contribution is 2.31. The number of rotatable bonds is 5. The van der Waals surface area contributed by atoms with Crippen LogP contribution < -0.4 is 5.56 Å². The SMILES string of the molecule is Cn1c(SCc2nc3scc(-c4ccccc4)c3c(=O)[nH]2)nnc1-c1ccco1. The van der Waals surface area contributed by atoms with E-state index in [1.165, 1.54) is 23.1 Å². The second-order valence-corrected chi connectivity index (χ2v) is 8.14. The van der Waals surface area contributed by atoms with Gasteiger partial charge in [-0.3, -0.25) is 4.79 Å². The van der Waals surface area contributed by atoms with Crippen molar-refractivity contribution in [1.29, 1.82) is 0 Å². The van der Waals surface area contributed by atoms with Crippen molar-refractivity contribution in [2.75, 3.05) is 0 Å². The molecule has 144 valence electrons. The van der Waals surface area contributed by atoms with E-state index in [0.29, 0.717) is 28.5 Å². The zero-order valence-corrected chi connectivity index (χ0v) is 17.0. The Hall–Kier alpha value is -3.17. The molecule has 5 aromatic rings. The summed E-state index contributed by atoms with van der Waals surface area (Å²) in [7, 11) is 1.88. The molecule has 0 aliphatic heterocycles. The van der Waals surface area contributed by atoms with Gasteiger partial charge in [-0.1, -0.05) is 42.1 Å². The number of nitrogens with zero attached hydrogens (tertiary/aromatic N) is 4. The topological polar surface area (TPSA) is 89.6 Å². The van der Waals surface area contributed by atoms with Crippen molar-refractivity contribution in [2.45, 2.75) is 10.9 Å². The molecule has 0 aliphatic rings. The number of thioether (sulfide) groups is 1. The number of furan rings is 1. The minimum atomic E-state index is -0.125. The van der Waals surface area contributed by atoms with Gasteiger partial charge in [0.1, 0.15) is 10.7 Å². The van der Waals surface area contributed by atoms with Crippen LogP contribution in [-0.2, 0) is 12.8 Å². The van der Waals surface area contributed by atoms with Crippen LogP contribution >= 0.6 is 23.1 Å². The van der Waals surface area contributed by atoms with Crippen LogP contribution in [0.5, 0.6) is 0 Å². The molecular formula is C20H15N5O2S2. The Morgan fingerprint density at radius 1 is 1.17 bits per heavy atom. The van der Waals surface area contributed by atoms with Gasteiger partial charge in [0, 0.05) is 18.0 Å². The molecule has 0 atom stereocenters. The maximum absolute atomic E-state index is 12.7. The number of hydrogen-bond acceptors (Lipinski definition) is 7. The van der Waals surface area contributed by atoms with Crippen LogP contribution in [0.2, 0.25) is 0 Å². The summed E-state index contributed by atoms with van der Waals surface area (Å²) in [6.45, 7) is 0. The number of H-pyrrole nitrogens is 1. The van der Waals surface area contributed by atoms with E-state index in [9.17, 15) is 4.79 Å². The fourth-order valence-corrected chi connectivity index (χ4v) is 4.83. The molecule has 7 nitrogen and oxygen atoms in total. The van der Waals surface area contributed by atoms with Crippen molar-refractivity contribution in [3.63, 3.8) is 0 Å². The number of thiophene rings is 1. The Labute approximate surface area is 173 Å². The standard InChI is InChI=1S/C20H15N5O2S2/c1-25-17(14-8-5-9-27-14)23-24-20(25)29-11-15-21-18(26)16-13(10-28-19(16)22-15)12-6-3-2-4-7-12/h2-10H,11H2,1H3,(H,21,22,26). The largest absolute Gasteiger partial charge is 0.461 e. The van der Waals surface area contributed by atoms with Crippen LogP contribution in [0.4, 0.5) is 0 Å². The Morgan fingerprint density at radius 2 is 2.03 bits per heavy atom. The molecule has 0 unspecified atom stereocenters. The van der Waals surface area contributed by atoms with Gasteiger partial charge >= 0.3 is 0 Å². The lowest BCUT2D eigenvalue weighted by atomic mass is 10.1. The lowest BCUT2D eigenvalue weighted by molar-refractivity contribution is 0.572. The lowest BCUT2D eigenvalue weighted by Crippen LogP contribution is -2.10. The predicted octanol–water partition coefficient (Wildman–Crippen LogP) is 4.33. The smallest absolute Gasteiger partial charge is 0.260 e. The van der Waals surface area contributed by atoms with Gasteiger partial charge in [-0.15, -0.1) is 21.5 Å². The summed E-state index contributed by atoms with van der Waals surface area (Å²) in [6, 6.07) is 13.5. The van der Waals surface area contributed by atoms with E-state index in [0.717, 1.165) is 21.1 Å². The van der Waals surface area contributed by atoms with Gasteiger partial charge < -0.3 is 14.0 Å². The van der Waals surface area contributed by atoms with Crippen LogP contribution in [0.25, 0.3) is 32.9 Å². The first-order chi connectivity index (χ1) is 14.2. The van der Waals surface area contributed by atoms with Crippen molar-refractivity contribution in [3.05, 3.63) is 70.3 Å².